The molecule has 0 aliphatic carbocycles. The number of benzene rings is 1. The third-order valence-electron chi connectivity index (χ3n) is 4.67. The number of aromatic nitrogens is 3. The molecule has 0 atom stereocenters. The van der Waals surface area contributed by atoms with Crippen LogP contribution in [0.4, 0.5) is 5.82 Å². The topological polar surface area (TPSA) is 113 Å². The number of nitrogens with one attached hydrogen (secondary N) is 3. The van der Waals surface area contributed by atoms with E-state index in [4.69, 9.17) is 16.1 Å². The van der Waals surface area contributed by atoms with Crippen molar-refractivity contribution < 1.29 is 0 Å². The van der Waals surface area contributed by atoms with Crippen LogP contribution in [0.15, 0.2) is 42.6 Å². The lowest BCUT2D eigenvalue weighted by Crippen LogP contribution is -2.30. The smallest absolute Gasteiger partial charge is 0.185 e. The molecule has 1 aromatic carbocycles. The van der Waals surface area contributed by atoms with Crippen molar-refractivity contribution in [3.05, 3.63) is 59.7 Å². The van der Waals surface area contributed by atoms with E-state index in [1.165, 1.54) is 5.56 Å². The lowest BCUT2D eigenvalue weighted by Gasteiger charge is -2.10. The minimum absolute atomic E-state index is 0. The summed E-state index contributed by atoms with van der Waals surface area (Å²) >= 11 is 0. The fourth-order valence-electron chi connectivity index (χ4n) is 3.14. The Morgan fingerprint density at radius 1 is 0.970 bits per heavy atom. The molecule has 7 nitrogen and oxygen atoms in total. The van der Waals surface area contributed by atoms with Gasteiger partial charge in [0.1, 0.15) is 5.82 Å². The molecule has 0 amide bonds. The molecular formula is C23H32Cl3N7. The number of hydrogen-bond donors (Lipinski definition) is 4. The molecular weight excluding hydrogens is 481 g/mol. The maximum absolute atomic E-state index is 7.15. The predicted octanol–water partition coefficient (Wildman–Crippen LogP) is 5.22. The molecule has 180 valence electrons. The van der Waals surface area contributed by atoms with Gasteiger partial charge in [0.15, 0.2) is 11.8 Å². The van der Waals surface area contributed by atoms with Crippen LogP contribution in [0, 0.1) is 12.3 Å². The van der Waals surface area contributed by atoms with Gasteiger partial charge in [0.05, 0.1) is 11.2 Å². The molecule has 33 heavy (non-hydrogen) atoms. The SMILES string of the molecule is Cc1ccc2nc(C=Cc3ccccn3)nc(NCCCCCCNC(=N)N)c2c1.Cl.Cl.Cl. The number of pyridine rings is 1. The van der Waals surface area contributed by atoms with Gasteiger partial charge in [-0.15, -0.1) is 37.2 Å². The average molecular weight is 513 g/mol. The lowest BCUT2D eigenvalue weighted by atomic mass is 10.1. The van der Waals surface area contributed by atoms with Crippen molar-refractivity contribution in [2.75, 3.05) is 18.4 Å². The summed E-state index contributed by atoms with van der Waals surface area (Å²) in [6.45, 7) is 3.68. The summed E-state index contributed by atoms with van der Waals surface area (Å²) < 4.78 is 0. The van der Waals surface area contributed by atoms with Crippen LogP contribution in [0.5, 0.6) is 0 Å². The second-order valence-electron chi connectivity index (χ2n) is 7.22. The number of nitrogens with zero attached hydrogens (tertiary/aromatic N) is 3. The molecule has 10 heteroatoms. The molecule has 0 bridgehead atoms. The summed E-state index contributed by atoms with van der Waals surface area (Å²) in [6.07, 6.45) is 9.87. The molecule has 0 radical (unpaired) electrons. The van der Waals surface area contributed by atoms with Crippen molar-refractivity contribution >= 4 is 72.1 Å². The minimum atomic E-state index is 0. The molecule has 2 heterocycles. The van der Waals surface area contributed by atoms with Gasteiger partial charge in [0, 0.05) is 24.7 Å². The highest BCUT2D eigenvalue weighted by Gasteiger charge is 2.07. The average Bonchev–Trinajstić information content (AvgIpc) is 2.75. The molecule has 2 aromatic heterocycles. The van der Waals surface area contributed by atoms with E-state index in [2.05, 4.69) is 39.7 Å². The Morgan fingerprint density at radius 2 is 1.73 bits per heavy atom. The van der Waals surface area contributed by atoms with Gasteiger partial charge in [0.25, 0.3) is 0 Å². The number of guanidine groups is 1. The minimum Gasteiger partial charge on any atom is -0.370 e. The highest BCUT2D eigenvalue weighted by molar-refractivity contribution is 5.90. The normalized spacial score (nSPS) is 10.1. The van der Waals surface area contributed by atoms with E-state index >= 15 is 0 Å². The van der Waals surface area contributed by atoms with E-state index < -0.39 is 0 Å². The third kappa shape index (κ3) is 10.2. The molecule has 0 saturated carbocycles. The Labute approximate surface area is 213 Å². The van der Waals surface area contributed by atoms with Crippen molar-refractivity contribution in [3.8, 4) is 0 Å². The van der Waals surface area contributed by atoms with Crippen LogP contribution in [0.2, 0.25) is 0 Å². The largest absolute Gasteiger partial charge is 0.370 e. The first-order valence-electron chi connectivity index (χ1n) is 10.3. The van der Waals surface area contributed by atoms with E-state index in [1.54, 1.807) is 6.20 Å². The molecule has 0 aliphatic rings. The molecule has 0 unspecified atom stereocenters. The fraction of sp³-hybridized carbons (Fsp3) is 0.304. The molecule has 0 saturated heterocycles. The van der Waals surface area contributed by atoms with Gasteiger partial charge in [-0.2, -0.15) is 0 Å². The van der Waals surface area contributed by atoms with Crippen molar-refractivity contribution in [1.29, 1.82) is 5.41 Å². The van der Waals surface area contributed by atoms with E-state index in [0.29, 0.717) is 5.82 Å². The standard InChI is InChI=1S/C23H29N7.3ClH/c1-17-9-11-20-19(16-17)22(27-14-5-2-3-6-15-28-23(24)25)30-21(29-20)12-10-18-8-4-7-13-26-18;;;/h4,7-13,16H,2-3,5-6,14-15H2,1H3,(H4,24,25,28)(H,27,29,30);3*1H. The molecule has 0 aliphatic heterocycles. The number of nitrogens with two attached hydrogens (primary N) is 1. The Bertz CT molecular complexity index is 1010. The molecule has 0 spiro atoms. The number of unbranched alkanes of at least 4 members (excludes halogenated alkanes) is 3. The maximum atomic E-state index is 7.15. The number of fused-ring (bicyclic) bond motifs is 1. The van der Waals surface area contributed by atoms with Crippen LogP contribution in [0.3, 0.4) is 0 Å². The number of hydrogen-bond acceptors (Lipinski definition) is 5. The number of halogens is 3. The van der Waals surface area contributed by atoms with Crippen molar-refractivity contribution in [3.63, 3.8) is 0 Å². The number of aryl methyl sites for hydroxylation is 1. The molecule has 5 N–H and O–H groups in total. The van der Waals surface area contributed by atoms with E-state index in [0.717, 1.165) is 61.2 Å². The molecule has 3 aromatic rings. The van der Waals surface area contributed by atoms with Gasteiger partial charge in [-0.25, -0.2) is 9.97 Å². The number of rotatable bonds is 10. The lowest BCUT2D eigenvalue weighted by molar-refractivity contribution is 0.642. The Morgan fingerprint density at radius 3 is 2.42 bits per heavy atom. The van der Waals surface area contributed by atoms with Gasteiger partial charge in [-0.3, -0.25) is 10.4 Å². The zero-order valence-electron chi connectivity index (χ0n) is 18.6. The van der Waals surface area contributed by atoms with E-state index in [-0.39, 0.29) is 43.2 Å². The summed E-state index contributed by atoms with van der Waals surface area (Å²) in [5.41, 5.74) is 8.27. The van der Waals surface area contributed by atoms with Gasteiger partial charge in [-0.05, 0) is 56.2 Å². The monoisotopic (exact) mass is 511 g/mol. The van der Waals surface area contributed by atoms with Gasteiger partial charge < -0.3 is 16.4 Å². The van der Waals surface area contributed by atoms with Crippen molar-refractivity contribution in [2.45, 2.75) is 32.6 Å². The van der Waals surface area contributed by atoms with Gasteiger partial charge in [-0.1, -0.05) is 30.5 Å². The highest BCUT2D eigenvalue weighted by Crippen LogP contribution is 2.22. The summed E-state index contributed by atoms with van der Waals surface area (Å²) in [6, 6.07) is 12.0. The summed E-state index contributed by atoms with van der Waals surface area (Å²) in [5, 5.41) is 14.5. The van der Waals surface area contributed by atoms with Crippen molar-refractivity contribution in [1.82, 2.24) is 20.3 Å². The fourth-order valence-corrected chi connectivity index (χ4v) is 3.14. The Hall–Kier alpha value is -2.61. The summed E-state index contributed by atoms with van der Waals surface area (Å²) in [5.74, 6) is 1.56. The van der Waals surface area contributed by atoms with E-state index in [9.17, 15) is 0 Å². The van der Waals surface area contributed by atoms with Crippen LogP contribution >= 0.6 is 37.2 Å². The Kier molecular flexibility index (Phi) is 14.8. The summed E-state index contributed by atoms with van der Waals surface area (Å²) in [4.78, 5) is 13.7. The van der Waals surface area contributed by atoms with Crippen LogP contribution in [0.25, 0.3) is 23.1 Å². The molecule has 3 rings (SSSR count). The summed E-state index contributed by atoms with van der Waals surface area (Å²) in [7, 11) is 0. The van der Waals surface area contributed by atoms with Crippen LogP contribution in [-0.4, -0.2) is 34.0 Å². The second-order valence-corrected chi connectivity index (χ2v) is 7.22. The van der Waals surface area contributed by atoms with E-state index in [1.807, 2.05) is 36.4 Å². The van der Waals surface area contributed by atoms with Crippen LogP contribution in [0.1, 0.15) is 42.8 Å². The highest BCUT2D eigenvalue weighted by atomic mass is 35.5. The van der Waals surface area contributed by atoms with Crippen LogP contribution < -0.4 is 16.4 Å². The quantitative estimate of drug-likeness (QED) is 0.168. The zero-order chi connectivity index (χ0) is 21.2. The number of anilines is 1. The molecule has 0 fully saturated rings. The first kappa shape index (κ1) is 30.4. The van der Waals surface area contributed by atoms with Gasteiger partial charge in [0.2, 0.25) is 0 Å². The zero-order valence-corrected chi connectivity index (χ0v) is 21.0. The third-order valence-corrected chi connectivity index (χ3v) is 4.67. The predicted molar refractivity (Wildman–Crippen MR) is 146 cm³/mol. The maximum Gasteiger partial charge on any atom is 0.185 e. The second kappa shape index (κ2) is 16.1. The first-order valence-corrected chi connectivity index (χ1v) is 10.3. The van der Waals surface area contributed by atoms with Crippen molar-refractivity contribution in [2.24, 2.45) is 5.73 Å². The van der Waals surface area contributed by atoms with Gasteiger partial charge >= 0.3 is 0 Å². The first-order chi connectivity index (χ1) is 14.6. The Balaban J connectivity index is 0.00000341. The van der Waals surface area contributed by atoms with Crippen LogP contribution in [-0.2, 0) is 0 Å².